The molecule has 2 aliphatic rings. The van der Waals surface area contributed by atoms with Crippen LogP contribution in [0.25, 0.3) is 16.9 Å². The maximum absolute atomic E-state index is 13.6. The Kier molecular flexibility index (Phi) is 5.93. The van der Waals surface area contributed by atoms with E-state index in [4.69, 9.17) is 4.74 Å². The van der Waals surface area contributed by atoms with E-state index in [1.165, 1.54) is 28.9 Å². The van der Waals surface area contributed by atoms with Crippen LogP contribution in [0.3, 0.4) is 0 Å². The molecule has 0 bridgehead atoms. The molecule has 182 valence electrons. The van der Waals surface area contributed by atoms with E-state index in [-0.39, 0.29) is 17.0 Å². The molecule has 0 saturated carbocycles. The molecule has 1 fully saturated rings. The molecule has 35 heavy (non-hydrogen) atoms. The zero-order valence-corrected chi connectivity index (χ0v) is 18.8. The minimum atomic E-state index is -4.54. The normalized spacial score (nSPS) is 18.3. The van der Waals surface area contributed by atoms with Gasteiger partial charge >= 0.3 is 6.18 Å². The summed E-state index contributed by atoms with van der Waals surface area (Å²) in [5, 5.41) is 10.5. The van der Waals surface area contributed by atoms with E-state index in [0.717, 1.165) is 25.0 Å². The molecule has 1 unspecified atom stereocenters. The molecule has 5 rings (SSSR count). The van der Waals surface area contributed by atoms with Crippen molar-refractivity contribution in [1.82, 2.24) is 30.1 Å². The van der Waals surface area contributed by atoms with Crippen LogP contribution in [-0.4, -0.2) is 57.9 Å². The van der Waals surface area contributed by atoms with E-state index < -0.39 is 23.8 Å². The number of halogens is 3. The summed E-state index contributed by atoms with van der Waals surface area (Å²) in [5.41, 5.74) is 0.345. The number of allylic oxidation sites excluding steroid dienone is 2. The van der Waals surface area contributed by atoms with Crippen molar-refractivity contribution in [3.63, 3.8) is 0 Å². The van der Waals surface area contributed by atoms with Crippen molar-refractivity contribution in [3.8, 4) is 11.3 Å². The molecule has 2 aliphatic heterocycles. The number of nitrogens with zero attached hydrogens (tertiary/aromatic N) is 4. The van der Waals surface area contributed by atoms with E-state index in [1.54, 1.807) is 19.1 Å². The Labute approximate surface area is 199 Å². The third-order valence-electron chi connectivity index (χ3n) is 5.89. The van der Waals surface area contributed by atoms with Crippen LogP contribution in [0.4, 0.5) is 13.2 Å². The number of amides is 1. The van der Waals surface area contributed by atoms with Crippen LogP contribution in [0.2, 0.25) is 0 Å². The van der Waals surface area contributed by atoms with Crippen LogP contribution in [0.5, 0.6) is 0 Å². The first-order chi connectivity index (χ1) is 16.8. The lowest BCUT2D eigenvalue weighted by Crippen LogP contribution is -2.50. The molecule has 11 heteroatoms. The molecule has 1 aromatic carbocycles. The van der Waals surface area contributed by atoms with E-state index in [1.807, 2.05) is 12.2 Å². The average Bonchev–Trinajstić information content (AvgIpc) is 3.29. The van der Waals surface area contributed by atoms with Crippen molar-refractivity contribution in [1.29, 1.82) is 0 Å². The first kappa shape index (κ1) is 22.9. The molecule has 1 atom stereocenters. The van der Waals surface area contributed by atoms with Crippen LogP contribution in [-0.2, 0) is 10.9 Å². The smallest absolute Gasteiger partial charge is 0.378 e. The number of aromatic nitrogens is 3. The van der Waals surface area contributed by atoms with Gasteiger partial charge in [0, 0.05) is 18.7 Å². The van der Waals surface area contributed by atoms with Crippen LogP contribution in [0, 0.1) is 6.92 Å². The zero-order chi connectivity index (χ0) is 24.6. The number of rotatable bonds is 4. The lowest BCUT2D eigenvalue weighted by molar-refractivity contribution is -0.137. The second-order valence-corrected chi connectivity index (χ2v) is 8.27. The van der Waals surface area contributed by atoms with Gasteiger partial charge in [-0.15, -0.1) is 0 Å². The maximum Gasteiger partial charge on any atom is 0.417 e. The summed E-state index contributed by atoms with van der Waals surface area (Å²) in [4.78, 5) is 19.5. The Balaban J connectivity index is 1.42. The number of alkyl halides is 3. The van der Waals surface area contributed by atoms with Gasteiger partial charge in [0.15, 0.2) is 11.3 Å². The highest BCUT2D eigenvalue weighted by atomic mass is 19.4. The Hall–Kier alpha value is -3.86. The van der Waals surface area contributed by atoms with E-state index >= 15 is 0 Å². The first-order valence-corrected chi connectivity index (χ1v) is 11.1. The number of dihydropyridines is 1. The number of fused-ring (bicyclic) bond motifs is 1. The van der Waals surface area contributed by atoms with Gasteiger partial charge in [0.2, 0.25) is 0 Å². The van der Waals surface area contributed by atoms with Crippen molar-refractivity contribution >= 4 is 11.6 Å². The van der Waals surface area contributed by atoms with Crippen LogP contribution < -0.4 is 10.6 Å². The van der Waals surface area contributed by atoms with Gasteiger partial charge in [-0.1, -0.05) is 24.3 Å². The zero-order valence-electron chi connectivity index (χ0n) is 18.8. The quantitative estimate of drug-likeness (QED) is 0.592. The topological polar surface area (TPSA) is 83.8 Å². The Morgan fingerprint density at radius 1 is 1.23 bits per heavy atom. The molecule has 8 nitrogen and oxygen atoms in total. The van der Waals surface area contributed by atoms with Gasteiger partial charge < -0.3 is 20.3 Å². The second-order valence-electron chi connectivity index (χ2n) is 8.27. The van der Waals surface area contributed by atoms with Crippen molar-refractivity contribution in [2.75, 3.05) is 26.3 Å². The van der Waals surface area contributed by atoms with Crippen LogP contribution in [0.1, 0.15) is 21.6 Å². The number of ether oxygens (including phenoxy) is 1. The van der Waals surface area contributed by atoms with Gasteiger partial charge in [0.25, 0.3) is 5.91 Å². The highest BCUT2D eigenvalue weighted by Gasteiger charge is 2.34. The second kappa shape index (κ2) is 9.06. The number of morpholine rings is 1. The fourth-order valence-corrected chi connectivity index (χ4v) is 4.18. The summed E-state index contributed by atoms with van der Waals surface area (Å²) < 4.78 is 47.4. The van der Waals surface area contributed by atoms with E-state index in [2.05, 4.69) is 25.6 Å². The number of nitrogens with one attached hydrogen (secondary N) is 2. The molecule has 3 aromatic rings. The third kappa shape index (κ3) is 4.59. The molecule has 2 N–H and O–H groups in total. The number of aryl methyl sites for hydroxylation is 1. The third-order valence-corrected chi connectivity index (χ3v) is 5.89. The molecule has 1 saturated heterocycles. The number of hydrogen-bond donors (Lipinski definition) is 2. The number of imidazole rings is 1. The highest BCUT2D eigenvalue weighted by molar-refractivity contribution is 5.93. The van der Waals surface area contributed by atoms with Crippen molar-refractivity contribution in [2.24, 2.45) is 0 Å². The first-order valence-electron chi connectivity index (χ1n) is 11.1. The van der Waals surface area contributed by atoms with Gasteiger partial charge in [-0.25, -0.2) is 9.50 Å². The highest BCUT2D eigenvalue weighted by Crippen LogP contribution is 2.36. The number of benzene rings is 1. The minimum Gasteiger partial charge on any atom is -0.378 e. The predicted octanol–water partition coefficient (Wildman–Crippen LogP) is 3.11. The van der Waals surface area contributed by atoms with E-state index in [0.29, 0.717) is 24.4 Å². The molecular weight excluding hydrogens is 461 g/mol. The fourth-order valence-electron chi connectivity index (χ4n) is 4.18. The summed E-state index contributed by atoms with van der Waals surface area (Å²) in [6, 6.07) is 6.77. The molecular formula is C24H23F3N6O2. The van der Waals surface area contributed by atoms with Crippen molar-refractivity contribution < 1.29 is 22.7 Å². The summed E-state index contributed by atoms with van der Waals surface area (Å²) >= 11 is 0. The monoisotopic (exact) mass is 484 g/mol. The predicted molar refractivity (Wildman–Crippen MR) is 122 cm³/mol. The fraction of sp³-hybridized carbons (Fsp3) is 0.292. The van der Waals surface area contributed by atoms with Gasteiger partial charge in [-0.05, 0) is 36.8 Å². The van der Waals surface area contributed by atoms with E-state index in [9.17, 15) is 18.0 Å². The lowest BCUT2D eigenvalue weighted by atomic mass is 10.0. The standard InChI is InChI=1S/C24H23F3N6O2/c1-15-13-18(16-5-2-3-6-17(16)24(25,26)27)31-33-19(14-28-22(15)33)23(34)30-20-7-4-8-21(29-20)32-9-11-35-12-10-32/h2-8,13-14,20,29H,9-12H2,1H3,(H,30,34). The molecule has 0 aliphatic carbocycles. The molecule has 0 spiro atoms. The summed E-state index contributed by atoms with van der Waals surface area (Å²) in [6.45, 7) is 4.47. The molecule has 1 amide bonds. The Bertz CT molecular complexity index is 1320. The Morgan fingerprint density at radius 3 is 2.77 bits per heavy atom. The minimum absolute atomic E-state index is 0.0674. The summed E-state index contributed by atoms with van der Waals surface area (Å²) in [7, 11) is 0. The molecule has 0 radical (unpaired) electrons. The number of hydrogen-bond acceptors (Lipinski definition) is 6. The van der Waals surface area contributed by atoms with Gasteiger partial charge in [-0.2, -0.15) is 18.3 Å². The van der Waals surface area contributed by atoms with Gasteiger partial charge in [0.1, 0.15) is 12.0 Å². The average molecular weight is 484 g/mol. The van der Waals surface area contributed by atoms with Gasteiger partial charge in [-0.3, -0.25) is 4.79 Å². The summed E-state index contributed by atoms with van der Waals surface area (Å²) in [6.07, 6.45) is 1.93. The maximum atomic E-state index is 13.6. The van der Waals surface area contributed by atoms with Crippen LogP contribution in [0.15, 0.2) is 60.6 Å². The molecule has 4 heterocycles. The number of carbonyl (C=O) groups excluding carboxylic acids is 1. The lowest BCUT2D eigenvalue weighted by Gasteiger charge is -2.34. The SMILES string of the molecule is Cc1cc(-c2ccccc2C(F)(F)F)nn2c(C(=O)NC3C=CC=C(N4CCOCC4)N3)cnc12. The largest absolute Gasteiger partial charge is 0.417 e. The molecule has 2 aromatic heterocycles. The number of carbonyl (C=O) groups is 1. The summed E-state index contributed by atoms with van der Waals surface area (Å²) in [5.74, 6) is 0.412. The Morgan fingerprint density at radius 2 is 2.00 bits per heavy atom. The van der Waals surface area contributed by atoms with Crippen molar-refractivity contribution in [2.45, 2.75) is 19.3 Å². The van der Waals surface area contributed by atoms with Crippen molar-refractivity contribution in [3.05, 3.63) is 77.4 Å². The van der Waals surface area contributed by atoms with Crippen LogP contribution >= 0.6 is 0 Å². The van der Waals surface area contributed by atoms with Gasteiger partial charge in [0.05, 0.1) is 30.7 Å².